The molecule has 9 nitrogen and oxygen atoms in total. The van der Waals surface area contributed by atoms with Crippen LogP contribution in [0.25, 0.3) is 0 Å². The molecular formula is C20H27N5O4. The second kappa shape index (κ2) is 9.81. The Morgan fingerprint density at radius 2 is 1.72 bits per heavy atom. The van der Waals surface area contributed by atoms with Gasteiger partial charge in [0.2, 0.25) is 11.6 Å². The maximum absolute atomic E-state index is 11.9. The summed E-state index contributed by atoms with van der Waals surface area (Å²) in [5.74, 6) is 0.561. The molecule has 0 fully saturated rings. The number of nitrogens with zero attached hydrogens (tertiary/aromatic N) is 4. The fourth-order valence-corrected chi connectivity index (χ4v) is 2.93. The highest BCUT2D eigenvalue weighted by molar-refractivity contribution is 5.89. The van der Waals surface area contributed by atoms with E-state index < -0.39 is 10.9 Å². The van der Waals surface area contributed by atoms with Gasteiger partial charge in [-0.25, -0.2) is 14.8 Å². The van der Waals surface area contributed by atoms with Gasteiger partial charge in [0.25, 0.3) is 0 Å². The van der Waals surface area contributed by atoms with Crippen molar-refractivity contribution in [3.63, 3.8) is 0 Å². The van der Waals surface area contributed by atoms with Crippen molar-refractivity contribution >= 4 is 29.0 Å². The van der Waals surface area contributed by atoms with Crippen LogP contribution in [-0.2, 0) is 4.74 Å². The maximum Gasteiger partial charge on any atom is 0.353 e. The first-order valence-corrected chi connectivity index (χ1v) is 9.42. The molecule has 0 saturated heterocycles. The Morgan fingerprint density at radius 3 is 2.21 bits per heavy atom. The summed E-state index contributed by atoms with van der Waals surface area (Å²) >= 11 is 0. The third-order valence-corrected chi connectivity index (χ3v) is 4.02. The van der Waals surface area contributed by atoms with Gasteiger partial charge in [0.1, 0.15) is 6.33 Å². The Hall–Kier alpha value is -3.23. The van der Waals surface area contributed by atoms with Crippen LogP contribution < -0.4 is 10.2 Å². The number of ether oxygens (including phenoxy) is 1. The first-order chi connectivity index (χ1) is 13.7. The number of nitro groups is 1. The molecule has 0 bridgehead atoms. The molecule has 1 aromatic heterocycles. The molecule has 0 radical (unpaired) electrons. The van der Waals surface area contributed by atoms with E-state index in [0.29, 0.717) is 42.0 Å². The van der Waals surface area contributed by atoms with E-state index in [9.17, 15) is 14.9 Å². The number of methoxy groups -OCH3 is 1. The highest BCUT2D eigenvalue weighted by atomic mass is 16.6. The highest BCUT2D eigenvalue weighted by Crippen LogP contribution is 2.34. The van der Waals surface area contributed by atoms with Crippen LogP contribution in [0.15, 0.2) is 30.6 Å². The Bertz CT molecular complexity index is 842. The summed E-state index contributed by atoms with van der Waals surface area (Å²) in [4.78, 5) is 33.2. The molecule has 1 heterocycles. The summed E-state index contributed by atoms with van der Waals surface area (Å²) in [6.45, 7) is 9.52. The number of carbonyl (C=O) groups is 1. The number of hydrogen-bond acceptors (Lipinski definition) is 8. The predicted octanol–water partition coefficient (Wildman–Crippen LogP) is 4.03. The Morgan fingerprint density at radius 1 is 1.14 bits per heavy atom. The zero-order valence-corrected chi connectivity index (χ0v) is 17.4. The van der Waals surface area contributed by atoms with Crippen molar-refractivity contribution in [1.82, 2.24) is 9.97 Å². The molecule has 0 unspecified atom stereocenters. The molecular weight excluding hydrogens is 374 g/mol. The summed E-state index contributed by atoms with van der Waals surface area (Å²) in [5.41, 5.74) is 0.770. The van der Waals surface area contributed by atoms with E-state index in [1.54, 1.807) is 24.3 Å². The minimum Gasteiger partial charge on any atom is -0.465 e. The molecule has 0 saturated carbocycles. The predicted molar refractivity (Wildman–Crippen MR) is 112 cm³/mol. The first-order valence-electron chi connectivity index (χ1n) is 9.42. The number of hydrogen-bond donors (Lipinski definition) is 1. The first kappa shape index (κ1) is 22.1. The molecule has 0 spiro atoms. The van der Waals surface area contributed by atoms with Crippen LogP contribution in [0, 0.1) is 22.0 Å². The van der Waals surface area contributed by atoms with Gasteiger partial charge in [0, 0.05) is 18.8 Å². The van der Waals surface area contributed by atoms with Crippen molar-refractivity contribution in [2.45, 2.75) is 27.7 Å². The zero-order valence-electron chi connectivity index (χ0n) is 17.4. The number of esters is 1. The van der Waals surface area contributed by atoms with Gasteiger partial charge in [0.15, 0.2) is 0 Å². The largest absolute Gasteiger partial charge is 0.465 e. The summed E-state index contributed by atoms with van der Waals surface area (Å²) in [6.07, 6.45) is 1.32. The quantitative estimate of drug-likeness (QED) is 0.381. The standard InChI is InChI=1S/C20H27N5O4/c1-13(2)10-24(11-14(3)4)19-17(25(27)28)18(21-12-22-19)23-16-8-6-15(7-9-16)20(26)29-5/h6-9,12-14H,10-11H2,1-5H3,(H,21,22,23). The van der Waals surface area contributed by atoms with E-state index in [2.05, 4.69) is 47.7 Å². The average Bonchev–Trinajstić information content (AvgIpc) is 2.66. The highest BCUT2D eigenvalue weighted by Gasteiger charge is 2.28. The summed E-state index contributed by atoms with van der Waals surface area (Å²) in [7, 11) is 1.31. The summed E-state index contributed by atoms with van der Waals surface area (Å²) < 4.78 is 4.68. The molecule has 9 heteroatoms. The lowest BCUT2D eigenvalue weighted by Crippen LogP contribution is -2.32. The van der Waals surface area contributed by atoms with Gasteiger partial charge < -0.3 is 15.0 Å². The van der Waals surface area contributed by atoms with Crippen LogP contribution in [0.2, 0.25) is 0 Å². The van der Waals surface area contributed by atoms with Crippen LogP contribution >= 0.6 is 0 Å². The van der Waals surface area contributed by atoms with Gasteiger partial charge in [-0.3, -0.25) is 10.1 Å². The molecule has 0 aliphatic carbocycles. The van der Waals surface area contributed by atoms with Crippen molar-refractivity contribution in [2.75, 3.05) is 30.4 Å². The minimum absolute atomic E-state index is 0.100. The lowest BCUT2D eigenvalue weighted by atomic mass is 10.1. The summed E-state index contributed by atoms with van der Waals surface area (Å²) in [6, 6.07) is 6.42. The molecule has 0 aliphatic heterocycles. The minimum atomic E-state index is -0.464. The van der Waals surface area contributed by atoms with Gasteiger partial charge in [-0.1, -0.05) is 27.7 Å². The van der Waals surface area contributed by atoms with E-state index in [-0.39, 0.29) is 11.5 Å². The second-order valence-electron chi connectivity index (χ2n) is 7.54. The van der Waals surface area contributed by atoms with Crippen LogP contribution in [-0.4, -0.2) is 41.1 Å². The third-order valence-electron chi connectivity index (χ3n) is 4.02. The smallest absolute Gasteiger partial charge is 0.353 e. The molecule has 0 atom stereocenters. The molecule has 0 amide bonds. The van der Waals surface area contributed by atoms with Crippen molar-refractivity contribution in [3.05, 3.63) is 46.3 Å². The molecule has 1 N–H and O–H groups in total. The zero-order chi connectivity index (χ0) is 21.6. The topological polar surface area (TPSA) is 110 Å². The van der Waals surface area contributed by atoms with Crippen molar-refractivity contribution in [2.24, 2.45) is 11.8 Å². The van der Waals surface area contributed by atoms with E-state index in [0.717, 1.165) is 0 Å². The molecule has 29 heavy (non-hydrogen) atoms. The number of nitrogens with one attached hydrogen (secondary N) is 1. The SMILES string of the molecule is COC(=O)c1ccc(Nc2ncnc(N(CC(C)C)CC(C)C)c2[N+](=O)[O-])cc1. The number of aromatic nitrogens is 2. The van der Waals surface area contributed by atoms with Gasteiger partial charge in [-0.2, -0.15) is 0 Å². The van der Waals surface area contributed by atoms with Gasteiger partial charge in [-0.05, 0) is 36.1 Å². The van der Waals surface area contributed by atoms with Gasteiger partial charge in [-0.15, -0.1) is 0 Å². The number of carbonyl (C=O) groups excluding carboxylic acids is 1. The fraction of sp³-hybridized carbons (Fsp3) is 0.450. The van der Waals surface area contributed by atoms with E-state index in [4.69, 9.17) is 0 Å². The Balaban J connectivity index is 2.41. The normalized spacial score (nSPS) is 10.9. The molecule has 156 valence electrons. The number of anilines is 3. The monoisotopic (exact) mass is 401 g/mol. The van der Waals surface area contributed by atoms with Crippen LogP contribution in [0.3, 0.4) is 0 Å². The van der Waals surface area contributed by atoms with E-state index in [1.807, 2.05) is 4.90 Å². The fourth-order valence-electron chi connectivity index (χ4n) is 2.93. The van der Waals surface area contributed by atoms with Gasteiger partial charge in [0.05, 0.1) is 17.6 Å². The molecule has 2 aromatic rings. The van der Waals surface area contributed by atoms with Crippen LogP contribution in [0.4, 0.5) is 23.0 Å². The lowest BCUT2D eigenvalue weighted by Gasteiger charge is -2.27. The Kier molecular flexibility index (Phi) is 7.46. The van der Waals surface area contributed by atoms with Crippen molar-refractivity contribution < 1.29 is 14.5 Å². The van der Waals surface area contributed by atoms with Crippen LogP contribution in [0.1, 0.15) is 38.1 Å². The Labute approximate surface area is 170 Å². The van der Waals surface area contributed by atoms with Gasteiger partial charge >= 0.3 is 11.7 Å². The maximum atomic E-state index is 11.9. The third kappa shape index (κ3) is 5.87. The molecule has 1 aromatic carbocycles. The van der Waals surface area contributed by atoms with Crippen LogP contribution in [0.5, 0.6) is 0 Å². The lowest BCUT2D eigenvalue weighted by molar-refractivity contribution is -0.383. The second-order valence-corrected chi connectivity index (χ2v) is 7.54. The summed E-state index contributed by atoms with van der Waals surface area (Å²) in [5, 5.41) is 14.9. The molecule has 2 rings (SSSR count). The number of rotatable bonds is 9. The van der Waals surface area contributed by atoms with E-state index in [1.165, 1.54) is 13.4 Å². The van der Waals surface area contributed by atoms with E-state index >= 15 is 0 Å². The average molecular weight is 401 g/mol. The molecule has 0 aliphatic rings. The van der Waals surface area contributed by atoms with Crippen molar-refractivity contribution in [1.29, 1.82) is 0 Å². The number of benzene rings is 1. The van der Waals surface area contributed by atoms with Crippen molar-refractivity contribution in [3.8, 4) is 0 Å².